The highest BCUT2D eigenvalue weighted by atomic mass is 16.2. The molecule has 0 aromatic rings. The summed E-state index contributed by atoms with van der Waals surface area (Å²) in [5, 5.41) is 6.25. The van der Waals surface area contributed by atoms with Crippen molar-refractivity contribution in [2.24, 2.45) is 4.99 Å². The molecule has 0 saturated carbocycles. The monoisotopic (exact) mass is 355 g/mol. The molecule has 0 atom stereocenters. The molecular weight excluding hydrogens is 314 g/mol. The first-order valence-electron chi connectivity index (χ1n) is 9.54. The molecule has 0 unspecified atom stereocenters. The van der Waals surface area contributed by atoms with Gasteiger partial charge in [0.15, 0.2) is 5.96 Å². The number of guanidine groups is 1. The van der Waals surface area contributed by atoms with Crippen LogP contribution in [0.3, 0.4) is 0 Å². The van der Waals surface area contributed by atoms with Gasteiger partial charge in [0.25, 0.3) is 0 Å². The Balaban J connectivity index is 4.60. The van der Waals surface area contributed by atoms with Crippen molar-refractivity contribution in [2.75, 3.05) is 33.2 Å². The normalized spacial score (nSPS) is 12.9. The number of hydrogen-bond donors (Lipinski definition) is 2. The molecule has 1 amide bonds. The van der Waals surface area contributed by atoms with E-state index in [0.29, 0.717) is 18.6 Å². The van der Waals surface area contributed by atoms with Crippen LogP contribution in [0.4, 0.5) is 0 Å². The van der Waals surface area contributed by atoms with Gasteiger partial charge in [0.2, 0.25) is 5.91 Å². The van der Waals surface area contributed by atoms with Gasteiger partial charge in [0.05, 0.1) is 6.54 Å². The number of likely N-dealkylation sites (N-methyl/N-ethyl adjacent to an activating group) is 1. The molecule has 25 heavy (non-hydrogen) atoms. The van der Waals surface area contributed by atoms with Gasteiger partial charge in [0, 0.05) is 44.3 Å². The average Bonchev–Trinajstić information content (AvgIpc) is 2.42. The standard InChI is InChI=1S/C19H41N5O/c1-10-20-18(23(9)14-17(25)22-19(6,7)8)21-12-11-13-24(15(2)3)16(4)5/h15-16H,10-14H2,1-9H3,(H,20,21)(H,22,25). The fraction of sp³-hybridized carbons (Fsp3) is 0.895. The van der Waals surface area contributed by atoms with Crippen molar-refractivity contribution < 1.29 is 4.79 Å². The zero-order chi connectivity index (χ0) is 19.6. The van der Waals surface area contributed by atoms with Gasteiger partial charge in [-0.15, -0.1) is 0 Å². The summed E-state index contributed by atoms with van der Waals surface area (Å²) < 4.78 is 0. The Bertz CT molecular complexity index is 405. The van der Waals surface area contributed by atoms with Crippen LogP contribution >= 0.6 is 0 Å². The van der Waals surface area contributed by atoms with Gasteiger partial charge in [-0.1, -0.05) is 0 Å². The van der Waals surface area contributed by atoms with Crippen molar-refractivity contribution in [3.05, 3.63) is 0 Å². The lowest BCUT2D eigenvalue weighted by molar-refractivity contribution is -0.122. The van der Waals surface area contributed by atoms with Crippen LogP contribution in [0.2, 0.25) is 0 Å². The molecule has 148 valence electrons. The van der Waals surface area contributed by atoms with Gasteiger partial charge < -0.3 is 15.5 Å². The van der Waals surface area contributed by atoms with Crippen molar-refractivity contribution in [3.63, 3.8) is 0 Å². The highest BCUT2D eigenvalue weighted by Crippen LogP contribution is 2.06. The number of rotatable bonds is 9. The van der Waals surface area contributed by atoms with E-state index in [1.54, 1.807) is 0 Å². The van der Waals surface area contributed by atoms with Crippen LogP contribution < -0.4 is 10.6 Å². The quantitative estimate of drug-likeness (QED) is 0.378. The molecule has 0 aliphatic heterocycles. The number of carbonyl (C=O) groups excluding carboxylic acids is 1. The molecular formula is C19H41N5O. The maximum atomic E-state index is 12.1. The second kappa shape index (κ2) is 11.3. The average molecular weight is 356 g/mol. The van der Waals surface area contributed by atoms with Crippen LogP contribution in [0.15, 0.2) is 4.99 Å². The maximum Gasteiger partial charge on any atom is 0.240 e. The molecule has 0 fully saturated rings. The Labute approximate surface area is 155 Å². The van der Waals surface area contributed by atoms with Crippen LogP contribution in [-0.4, -0.2) is 72.5 Å². The number of amides is 1. The number of hydrogen-bond acceptors (Lipinski definition) is 3. The lowest BCUT2D eigenvalue weighted by Crippen LogP contribution is -2.48. The van der Waals surface area contributed by atoms with Crippen LogP contribution in [-0.2, 0) is 4.79 Å². The van der Waals surface area contributed by atoms with Crippen molar-refractivity contribution >= 4 is 11.9 Å². The topological polar surface area (TPSA) is 60.0 Å². The summed E-state index contributed by atoms with van der Waals surface area (Å²) in [7, 11) is 1.90. The molecule has 0 spiro atoms. The second-order valence-electron chi connectivity index (χ2n) is 8.17. The van der Waals surface area contributed by atoms with E-state index in [9.17, 15) is 4.79 Å². The molecule has 0 bridgehead atoms. The highest BCUT2D eigenvalue weighted by Gasteiger charge is 2.17. The third-order valence-corrected chi connectivity index (χ3v) is 3.75. The van der Waals surface area contributed by atoms with Gasteiger partial charge in [-0.3, -0.25) is 14.7 Å². The lowest BCUT2D eigenvalue weighted by Gasteiger charge is -2.30. The second-order valence-corrected chi connectivity index (χ2v) is 8.17. The Morgan fingerprint density at radius 2 is 1.68 bits per heavy atom. The number of nitrogens with zero attached hydrogens (tertiary/aromatic N) is 3. The van der Waals surface area contributed by atoms with Crippen molar-refractivity contribution in [3.8, 4) is 0 Å². The van der Waals surface area contributed by atoms with Gasteiger partial charge >= 0.3 is 0 Å². The molecule has 6 nitrogen and oxygen atoms in total. The summed E-state index contributed by atoms with van der Waals surface area (Å²) >= 11 is 0. The van der Waals surface area contributed by atoms with E-state index < -0.39 is 0 Å². The third-order valence-electron chi connectivity index (χ3n) is 3.75. The van der Waals surface area contributed by atoms with Crippen molar-refractivity contribution in [1.82, 2.24) is 20.4 Å². The molecule has 0 saturated heterocycles. The fourth-order valence-electron chi connectivity index (χ4n) is 2.77. The van der Waals surface area contributed by atoms with Crippen LogP contribution in [0.5, 0.6) is 0 Å². The minimum absolute atomic E-state index is 0.00592. The first-order valence-corrected chi connectivity index (χ1v) is 9.54. The van der Waals surface area contributed by atoms with Gasteiger partial charge in [-0.25, -0.2) is 0 Å². The highest BCUT2D eigenvalue weighted by molar-refractivity contribution is 5.86. The van der Waals surface area contributed by atoms with Crippen molar-refractivity contribution in [1.29, 1.82) is 0 Å². The van der Waals surface area contributed by atoms with E-state index in [1.165, 1.54) is 0 Å². The number of carbonyl (C=O) groups is 1. The Hall–Kier alpha value is -1.30. The van der Waals surface area contributed by atoms with E-state index >= 15 is 0 Å². The molecule has 0 aromatic heterocycles. The third kappa shape index (κ3) is 11.0. The minimum atomic E-state index is -0.218. The predicted octanol–water partition coefficient (Wildman–Crippen LogP) is 2.31. The summed E-state index contributed by atoms with van der Waals surface area (Å²) in [6, 6.07) is 1.09. The van der Waals surface area contributed by atoms with Gasteiger partial charge in [-0.2, -0.15) is 0 Å². The predicted molar refractivity (Wildman–Crippen MR) is 108 cm³/mol. The summed E-state index contributed by atoms with van der Waals surface area (Å²) in [6.07, 6.45) is 1.01. The smallest absolute Gasteiger partial charge is 0.240 e. The Morgan fingerprint density at radius 1 is 1.12 bits per heavy atom. The summed E-state index contributed by atoms with van der Waals surface area (Å²) in [4.78, 5) is 21.1. The fourth-order valence-corrected chi connectivity index (χ4v) is 2.77. The summed E-state index contributed by atoms with van der Waals surface area (Å²) in [5.41, 5.74) is -0.218. The van der Waals surface area contributed by atoms with Crippen LogP contribution in [0.25, 0.3) is 0 Å². The van der Waals surface area contributed by atoms with Gasteiger partial charge in [0.1, 0.15) is 0 Å². The van der Waals surface area contributed by atoms with E-state index in [0.717, 1.165) is 32.0 Å². The van der Waals surface area contributed by atoms with E-state index in [4.69, 9.17) is 0 Å². The molecule has 0 rings (SSSR count). The number of nitrogens with one attached hydrogen (secondary N) is 2. The van der Waals surface area contributed by atoms with E-state index in [2.05, 4.69) is 48.2 Å². The summed E-state index contributed by atoms with van der Waals surface area (Å²) in [6.45, 7) is 19.8. The van der Waals surface area contributed by atoms with Gasteiger partial charge in [-0.05, 0) is 61.8 Å². The maximum absolute atomic E-state index is 12.1. The first-order chi connectivity index (χ1) is 11.5. The Morgan fingerprint density at radius 3 is 2.12 bits per heavy atom. The first kappa shape index (κ1) is 23.7. The molecule has 6 heteroatoms. The van der Waals surface area contributed by atoms with E-state index in [1.807, 2.05) is 39.6 Å². The van der Waals surface area contributed by atoms with E-state index in [-0.39, 0.29) is 11.4 Å². The molecule has 0 aliphatic carbocycles. The molecule has 0 aromatic carbocycles. The minimum Gasteiger partial charge on any atom is -0.357 e. The lowest BCUT2D eigenvalue weighted by atomic mass is 10.1. The van der Waals surface area contributed by atoms with Crippen molar-refractivity contribution in [2.45, 2.75) is 79.4 Å². The molecule has 0 heterocycles. The zero-order valence-electron chi connectivity index (χ0n) is 17.9. The Kier molecular flexibility index (Phi) is 10.8. The van der Waals surface area contributed by atoms with Crippen LogP contribution in [0, 0.1) is 0 Å². The van der Waals surface area contributed by atoms with Crippen LogP contribution in [0.1, 0.15) is 61.8 Å². The molecule has 0 aliphatic rings. The summed E-state index contributed by atoms with van der Waals surface area (Å²) in [5.74, 6) is 0.790. The zero-order valence-corrected chi connectivity index (χ0v) is 17.9. The SMILES string of the molecule is CCNC(=NCCCN(C(C)C)C(C)C)N(C)CC(=O)NC(C)(C)C. The molecule has 0 radical (unpaired) electrons. The largest absolute Gasteiger partial charge is 0.357 e. The number of aliphatic imine (C=N–C) groups is 1. The molecule has 2 N–H and O–H groups in total.